The molecule has 0 aliphatic heterocycles. The van der Waals surface area contributed by atoms with Crippen molar-refractivity contribution in [3.63, 3.8) is 0 Å². The van der Waals surface area contributed by atoms with Gasteiger partial charge in [0.15, 0.2) is 0 Å². The summed E-state index contributed by atoms with van der Waals surface area (Å²) in [6.45, 7) is 14.6. The molecule has 0 saturated heterocycles. The number of aromatic nitrogens is 4. The largest absolute Gasteiger partial charge is 0.790 e. The quantitative estimate of drug-likeness (QED) is 0.426. The lowest BCUT2D eigenvalue weighted by Crippen LogP contribution is -2.30. The van der Waals surface area contributed by atoms with E-state index in [1.807, 2.05) is 0 Å². The molecule has 0 N–H and O–H groups in total. The van der Waals surface area contributed by atoms with Crippen molar-refractivity contribution in [2.24, 2.45) is 0 Å². The molecule has 0 amide bonds. The second kappa shape index (κ2) is 16.3. The second-order valence-corrected chi connectivity index (χ2v) is 7.69. The van der Waals surface area contributed by atoms with Gasteiger partial charge in [-0.3, -0.25) is 0 Å². The molecular weight excluding hydrogens is 391 g/mol. The summed E-state index contributed by atoms with van der Waals surface area (Å²) in [6.07, 6.45) is 17.9. The van der Waals surface area contributed by atoms with Gasteiger partial charge in [0.1, 0.15) is 24.8 Å². The maximum absolute atomic E-state index is 9.48. The van der Waals surface area contributed by atoms with Crippen LogP contribution in [0.1, 0.15) is 60.3 Å². The zero-order chi connectivity index (χ0) is 22.1. The topological polar surface area (TPSA) is 90.0 Å². The summed E-state index contributed by atoms with van der Waals surface area (Å²) >= 11 is 0. The van der Waals surface area contributed by atoms with Crippen molar-refractivity contribution < 1.29 is 28.0 Å². The fourth-order valence-electron chi connectivity index (χ4n) is 2.36. The van der Waals surface area contributed by atoms with Gasteiger partial charge in [0.05, 0.1) is 34.0 Å². The monoisotopic (exact) mass is 430 g/mol. The van der Waals surface area contributed by atoms with Gasteiger partial charge in [0, 0.05) is 6.61 Å². The van der Waals surface area contributed by atoms with E-state index in [2.05, 4.69) is 87.9 Å². The Hall–Kier alpha value is -1.47. The van der Waals surface area contributed by atoms with Gasteiger partial charge in [-0.2, -0.15) is 0 Å². The standard InChI is InChI=1S/2C9H17N2.C2H7O4P/c2*1-3-5-6-11-8-7-10(4-2)9-11;1-2-6-7(3,4)5/h2*7-9H,3-6H2,1-2H3;2H2,1H3,(H2,3,4,5)/q2*+1;/p-2. The molecule has 0 aliphatic carbocycles. The van der Waals surface area contributed by atoms with Crippen LogP contribution in [0.15, 0.2) is 37.4 Å². The summed E-state index contributed by atoms with van der Waals surface area (Å²) < 4.78 is 22.0. The van der Waals surface area contributed by atoms with Crippen LogP contribution in [0.25, 0.3) is 0 Å². The first kappa shape index (κ1) is 27.5. The SMILES string of the molecule is CCCC[n+]1ccn(CC)c1.CCCC[n+]1ccn(CC)c1.CCOP(=O)([O-])[O-]. The minimum Gasteiger partial charge on any atom is -0.790 e. The highest BCUT2D eigenvalue weighted by molar-refractivity contribution is 7.43. The average molecular weight is 431 g/mol. The Bertz CT molecular complexity index is 635. The second-order valence-electron chi connectivity index (χ2n) is 6.54. The third-order valence-corrected chi connectivity index (χ3v) is 4.62. The molecular formula is C20H39N4O4P. The lowest BCUT2D eigenvalue weighted by Gasteiger charge is -2.27. The number of unbranched alkanes of at least 4 members (excludes halogenated alkanes) is 2. The summed E-state index contributed by atoms with van der Waals surface area (Å²) in [7, 11) is -4.67. The van der Waals surface area contributed by atoms with Crippen LogP contribution in [0.5, 0.6) is 0 Å². The van der Waals surface area contributed by atoms with Crippen molar-refractivity contribution in [1.29, 1.82) is 0 Å². The highest BCUT2D eigenvalue weighted by Gasteiger charge is 2.00. The number of hydrogen-bond acceptors (Lipinski definition) is 4. The summed E-state index contributed by atoms with van der Waals surface area (Å²) in [5.41, 5.74) is 0. The molecule has 2 aromatic heterocycles. The number of hydrogen-bond donors (Lipinski definition) is 0. The highest BCUT2D eigenvalue weighted by atomic mass is 31.2. The van der Waals surface area contributed by atoms with E-state index in [0.717, 1.165) is 26.2 Å². The summed E-state index contributed by atoms with van der Waals surface area (Å²) in [5, 5.41) is 0. The van der Waals surface area contributed by atoms with E-state index < -0.39 is 7.82 Å². The van der Waals surface area contributed by atoms with Crippen molar-refractivity contribution in [2.45, 2.75) is 86.5 Å². The van der Waals surface area contributed by atoms with Crippen molar-refractivity contribution in [2.75, 3.05) is 6.61 Å². The molecule has 0 atom stereocenters. The van der Waals surface area contributed by atoms with E-state index in [1.54, 1.807) is 0 Å². The Labute approximate surface area is 176 Å². The van der Waals surface area contributed by atoms with E-state index >= 15 is 0 Å². The Morgan fingerprint density at radius 3 is 1.45 bits per heavy atom. The molecule has 2 aromatic rings. The molecule has 0 radical (unpaired) electrons. The van der Waals surface area contributed by atoms with Gasteiger partial charge in [-0.05, 0) is 33.6 Å². The fraction of sp³-hybridized carbons (Fsp3) is 0.700. The summed E-state index contributed by atoms with van der Waals surface area (Å²) in [4.78, 5) is 19.0. The molecule has 8 nitrogen and oxygen atoms in total. The van der Waals surface area contributed by atoms with E-state index in [-0.39, 0.29) is 6.61 Å². The molecule has 29 heavy (non-hydrogen) atoms. The summed E-state index contributed by atoms with van der Waals surface area (Å²) in [6, 6.07) is 0. The molecule has 168 valence electrons. The fourth-order valence-corrected chi connectivity index (χ4v) is 2.67. The predicted molar refractivity (Wildman–Crippen MR) is 110 cm³/mol. The molecule has 0 spiro atoms. The number of rotatable bonds is 10. The van der Waals surface area contributed by atoms with Crippen LogP contribution in [-0.2, 0) is 35.3 Å². The van der Waals surface area contributed by atoms with Gasteiger partial charge in [-0.25, -0.2) is 18.3 Å². The minimum atomic E-state index is -4.67. The van der Waals surface area contributed by atoms with Crippen molar-refractivity contribution >= 4 is 7.82 Å². The number of aryl methyl sites for hydroxylation is 4. The van der Waals surface area contributed by atoms with Crippen LogP contribution in [0.4, 0.5) is 0 Å². The van der Waals surface area contributed by atoms with Crippen LogP contribution in [-0.4, -0.2) is 15.7 Å². The Kier molecular flexibility index (Phi) is 15.5. The van der Waals surface area contributed by atoms with Crippen molar-refractivity contribution in [1.82, 2.24) is 9.13 Å². The van der Waals surface area contributed by atoms with Gasteiger partial charge in [-0.1, -0.05) is 26.7 Å². The maximum atomic E-state index is 9.48. The molecule has 0 bridgehead atoms. The smallest absolute Gasteiger partial charge is 0.243 e. The summed E-state index contributed by atoms with van der Waals surface area (Å²) in [5.74, 6) is 0. The van der Waals surface area contributed by atoms with Gasteiger partial charge in [0.25, 0.3) is 0 Å². The molecule has 0 fully saturated rings. The number of imidazole rings is 2. The number of nitrogens with zero attached hydrogens (tertiary/aromatic N) is 4. The van der Waals surface area contributed by atoms with Crippen LogP contribution >= 0.6 is 7.82 Å². The normalized spacial score (nSPS) is 10.7. The predicted octanol–water partition coefficient (Wildman–Crippen LogP) is 2.04. The first-order valence-electron chi connectivity index (χ1n) is 10.6. The molecule has 2 heterocycles. The maximum Gasteiger partial charge on any atom is 0.243 e. The Morgan fingerprint density at radius 2 is 1.24 bits per heavy atom. The molecule has 0 aliphatic rings. The van der Waals surface area contributed by atoms with E-state index in [0.29, 0.717) is 0 Å². The minimum absolute atomic E-state index is 0.0791. The average Bonchev–Trinajstić information content (AvgIpc) is 3.33. The van der Waals surface area contributed by atoms with Gasteiger partial charge < -0.3 is 18.9 Å². The van der Waals surface area contributed by atoms with Crippen LogP contribution < -0.4 is 18.9 Å². The first-order valence-corrected chi connectivity index (χ1v) is 12.0. The van der Waals surface area contributed by atoms with Crippen LogP contribution in [0.3, 0.4) is 0 Å². The van der Waals surface area contributed by atoms with E-state index in [1.165, 1.54) is 32.6 Å². The molecule has 0 unspecified atom stereocenters. The van der Waals surface area contributed by atoms with Crippen LogP contribution in [0.2, 0.25) is 0 Å². The Balaban J connectivity index is 0.000000419. The lowest BCUT2D eigenvalue weighted by atomic mass is 10.3. The Morgan fingerprint density at radius 1 is 0.828 bits per heavy atom. The third kappa shape index (κ3) is 15.1. The lowest BCUT2D eigenvalue weighted by molar-refractivity contribution is -0.697. The number of phosphoric ester groups is 1. The van der Waals surface area contributed by atoms with Crippen molar-refractivity contribution in [3.8, 4) is 0 Å². The molecule has 0 aromatic carbocycles. The first-order chi connectivity index (χ1) is 13.8. The number of phosphoric acid groups is 1. The van der Waals surface area contributed by atoms with Crippen LogP contribution in [0, 0.1) is 0 Å². The zero-order valence-corrected chi connectivity index (χ0v) is 19.6. The van der Waals surface area contributed by atoms with Crippen molar-refractivity contribution in [3.05, 3.63) is 37.4 Å². The van der Waals surface area contributed by atoms with Gasteiger partial charge in [-0.15, -0.1) is 0 Å². The van der Waals surface area contributed by atoms with E-state index in [4.69, 9.17) is 0 Å². The third-order valence-electron chi connectivity index (χ3n) is 4.05. The van der Waals surface area contributed by atoms with Gasteiger partial charge >= 0.3 is 0 Å². The highest BCUT2D eigenvalue weighted by Crippen LogP contribution is 2.23. The molecule has 9 heteroatoms. The zero-order valence-electron chi connectivity index (χ0n) is 18.7. The van der Waals surface area contributed by atoms with Gasteiger partial charge in [0.2, 0.25) is 12.7 Å². The molecule has 2 rings (SSSR count). The molecule has 0 saturated carbocycles. The van der Waals surface area contributed by atoms with E-state index in [9.17, 15) is 14.4 Å².